The van der Waals surface area contributed by atoms with Crippen molar-refractivity contribution in [2.75, 3.05) is 57.4 Å². The standard InChI is InChI=1S/C22H25BrF2N2O3/c23-16-14-17(24)21(18(25)15-16)29-11-2-1-6-26-7-9-27(10-8-26)19-4-3-5-20-22(19)30-13-12-28-20/h3-5,14-15H,1-2,6-13H2. The average Bonchev–Trinajstić information content (AvgIpc) is 2.75. The summed E-state index contributed by atoms with van der Waals surface area (Å²) in [5.41, 5.74) is 1.10. The maximum Gasteiger partial charge on any atom is 0.190 e. The highest BCUT2D eigenvalue weighted by molar-refractivity contribution is 9.10. The maximum absolute atomic E-state index is 13.8. The molecule has 0 N–H and O–H groups in total. The zero-order valence-electron chi connectivity index (χ0n) is 16.7. The quantitative estimate of drug-likeness (QED) is 0.543. The first-order valence-corrected chi connectivity index (χ1v) is 11.0. The molecule has 0 spiro atoms. The Kier molecular flexibility index (Phi) is 6.94. The van der Waals surface area contributed by atoms with E-state index in [2.05, 4.69) is 31.8 Å². The van der Waals surface area contributed by atoms with Crippen LogP contribution in [0.25, 0.3) is 0 Å². The number of piperazine rings is 1. The Labute approximate surface area is 183 Å². The normalized spacial score (nSPS) is 16.6. The highest BCUT2D eigenvalue weighted by Crippen LogP contribution is 2.39. The molecule has 2 aliphatic heterocycles. The van der Waals surface area contributed by atoms with Gasteiger partial charge < -0.3 is 19.1 Å². The summed E-state index contributed by atoms with van der Waals surface area (Å²) in [6, 6.07) is 8.45. The molecule has 0 saturated carbocycles. The van der Waals surface area contributed by atoms with Crippen molar-refractivity contribution >= 4 is 21.6 Å². The molecule has 1 fully saturated rings. The fraction of sp³-hybridized carbons (Fsp3) is 0.455. The fourth-order valence-corrected chi connectivity index (χ4v) is 4.20. The predicted molar refractivity (Wildman–Crippen MR) is 115 cm³/mol. The number of para-hydroxylation sites is 1. The number of benzene rings is 2. The number of ether oxygens (including phenoxy) is 3. The van der Waals surface area contributed by atoms with Crippen molar-refractivity contribution < 1.29 is 23.0 Å². The van der Waals surface area contributed by atoms with Crippen LogP contribution in [0.4, 0.5) is 14.5 Å². The van der Waals surface area contributed by atoms with E-state index in [1.165, 1.54) is 12.1 Å². The van der Waals surface area contributed by atoms with Gasteiger partial charge in [0.05, 0.1) is 12.3 Å². The minimum absolute atomic E-state index is 0.295. The van der Waals surface area contributed by atoms with E-state index in [9.17, 15) is 8.78 Å². The summed E-state index contributed by atoms with van der Waals surface area (Å²) in [6.07, 6.45) is 1.66. The summed E-state index contributed by atoms with van der Waals surface area (Å²) >= 11 is 3.06. The largest absolute Gasteiger partial charge is 0.488 e. The number of fused-ring (bicyclic) bond motifs is 1. The first kappa shape index (κ1) is 21.2. The Morgan fingerprint density at radius 3 is 2.47 bits per heavy atom. The van der Waals surface area contributed by atoms with Gasteiger partial charge in [-0.2, -0.15) is 0 Å². The second-order valence-electron chi connectivity index (χ2n) is 7.38. The lowest BCUT2D eigenvalue weighted by molar-refractivity contribution is 0.171. The first-order valence-electron chi connectivity index (χ1n) is 10.2. The molecule has 2 aromatic carbocycles. The van der Waals surface area contributed by atoms with Gasteiger partial charge in [-0.25, -0.2) is 8.78 Å². The molecule has 4 rings (SSSR count). The van der Waals surface area contributed by atoms with Crippen molar-refractivity contribution in [3.63, 3.8) is 0 Å². The number of nitrogens with zero attached hydrogens (tertiary/aromatic N) is 2. The zero-order valence-corrected chi connectivity index (χ0v) is 18.3. The topological polar surface area (TPSA) is 34.2 Å². The predicted octanol–water partition coefficient (Wildman–Crippen LogP) is 4.48. The van der Waals surface area contributed by atoms with Crippen molar-refractivity contribution in [3.05, 3.63) is 46.4 Å². The van der Waals surface area contributed by atoms with Crippen LogP contribution in [-0.2, 0) is 0 Å². The van der Waals surface area contributed by atoms with Gasteiger partial charge in [-0.05, 0) is 43.7 Å². The molecule has 0 atom stereocenters. The molecule has 5 nitrogen and oxygen atoms in total. The lowest BCUT2D eigenvalue weighted by Gasteiger charge is -2.37. The van der Waals surface area contributed by atoms with Crippen LogP contribution in [0.3, 0.4) is 0 Å². The second kappa shape index (κ2) is 9.83. The van der Waals surface area contributed by atoms with Crippen LogP contribution in [0.15, 0.2) is 34.8 Å². The van der Waals surface area contributed by atoms with Gasteiger partial charge in [0.2, 0.25) is 0 Å². The van der Waals surface area contributed by atoms with Gasteiger partial charge in [-0.3, -0.25) is 4.90 Å². The molecule has 0 bridgehead atoms. The van der Waals surface area contributed by atoms with Crippen molar-refractivity contribution in [2.45, 2.75) is 12.8 Å². The van der Waals surface area contributed by atoms with E-state index in [0.717, 1.165) is 62.8 Å². The molecule has 2 aromatic rings. The van der Waals surface area contributed by atoms with Crippen LogP contribution < -0.4 is 19.1 Å². The molecule has 162 valence electrons. The van der Waals surface area contributed by atoms with Crippen LogP contribution in [-0.4, -0.2) is 57.4 Å². The van der Waals surface area contributed by atoms with Crippen LogP contribution in [0.5, 0.6) is 17.2 Å². The molecule has 0 amide bonds. The van der Waals surface area contributed by atoms with E-state index in [1.54, 1.807) is 0 Å². The average molecular weight is 483 g/mol. The molecule has 2 heterocycles. The summed E-state index contributed by atoms with van der Waals surface area (Å²) < 4.78 is 44.7. The number of rotatable bonds is 7. The van der Waals surface area contributed by atoms with Gasteiger partial charge in [0.25, 0.3) is 0 Å². The third-order valence-corrected chi connectivity index (χ3v) is 5.79. The fourth-order valence-electron chi connectivity index (χ4n) is 3.80. The van der Waals surface area contributed by atoms with Gasteiger partial charge >= 0.3 is 0 Å². The highest BCUT2D eigenvalue weighted by Gasteiger charge is 2.23. The Morgan fingerprint density at radius 1 is 0.967 bits per heavy atom. The van der Waals surface area contributed by atoms with E-state index in [1.807, 2.05) is 12.1 Å². The number of hydrogen-bond acceptors (Lipinski definition) is 5. The van der Waals surface area contributed by atoms with Gasteiger partial charge in [0.15, 0.2) is 28.9 Å². The molecule has 8 heteroatoms. The molecule has 30 heavy (non-hydrogen) atoms. The smallest absolute Gasteiger partial charge is 0.190 e. The lowest BCUT2D eigenvalue weighted by atomic mass is 10.2. The summed E-state index contributed by atoms with van der Waals surface area (Å²) in [4.78, 5) is 4.75. The lowest BCUT2D eigenvalue weighted by Crippen LogP contribution is -2.46. The second-order valence-corrected chi connectivity index (χ2v) is 8.30. The molecule has 1 saturated heterocycles. The van der Waals surface area contributed by atoms with Gasteiger partial charge in [0, 0.05) is 30.7 Å². The van der Waals surface area contributed by atoms with E-state index in [4.69, 9.17) is 14.2 Å². The molecule has 2 aliphatic rings. The van der Waals surface area contributed by atoms with E-state index >= 15 is 0 Å². The molecule has 0 aromatic heterocycles. The Bertz CT molecular complexity index is 852. The monoisotopic (exact) mass is 482 g/mol. The van der Waals surface area contributed by atoms with E-state index in [-0.39, 0.29) is 5.75 Å². The van der Waals surface area contributed by atoms with Crippen molar-refractivity contribution in [1.82, 2.24) is 4.90 Å². The van der Waals surface area contributed by atoms with Crippen LogP contribution in [0, 0.1) is 11.6 Å². The summed E-state index contributed by atoms with van der Waals surface area (Å²) in [5, 5.41) is 0. The van der Waals surface area contributed by atoms with Crippen molar-refractivity contribution in [1.29, 1.82) is 0 Å². The summed E-state index contributed by atoms with van der Waals surface area (Å²) in [7, 11) is 0. The summed E-state index contributed by atoms with van der Waals surface area (Å²) in [6.45, 7) is 6.17. The molecular weight excluding hydrogens is 458 g/mol. The Hall–Kier alpha value is -2.06. The van der Waals surface area contributed by atoms with Gasteiger partial charge in [0.1, 0.15) is 13.2 Å². The van der Waals surface area contributed by atoms with Crippen LogP contribution in [0.2, 0.25) is 0 Å². The number of hydrogen-bond donors (Lipinski definition) is 0. The summed E-state index contributed by atoms with van der Waals surface area (Å²) in [5.74, 6) is -0.00302. The SMILES string of the molecule is Fc1cc(Br)cc(F)c1OCCCCN1CCN(c2cccc3c2OCCO3)CC1. The van der Waals surface area contributed by atoms with Crippen molar-refractivity contribution in [3.8, 4) is 17.2 Å². The van der Waals surface area contributed by atoms with E-state index in [0.29, 0.717) is 24.3 Å². The minimum Gasteiger partial charge on any atom is -0.488 e. The van der Waals surface area contributed by atoms with E-state index < -0.39 is 11.6 Å². The first-order chi connectivity index (χ1) is 14.6. The number of anilines is 1. The third kappa shape index (κ3) is 4.98. The third-order valence-electron chi connectivity index (χ3n) is 5.34. The molecular formula is C22H25BrF2N2O3. The minimum atomic E-state index is -0.685. The van der Waals surface area contributed by atoms with Crippen LogP contribution in [0.1, 0.15) is 12.8 Å². The Morgan fingerprint density at radius 2 is 1.70 bits per heavy atom. The maximum atomic E-state index is 13.8. The van der Waals surface area contributed by atoms with Gasteiger partial charge in [-0.1, -0.05) is 22.0 Å². The molecule has 0 aliphatic carbocycles. The van der Waals surface area contributed by atoms with Gasteiger partial charge in [-0.15, -0.1) is 0 Å². The molecule has 0 unspecified atom stereocenters. The highest BCUT2D eigenvalue weighted by atomic mass is 79.9. The van der Waals surface area contributed by atoms with Crippen LogP contribution >= 0.6 is 15.9 Å². The molecule has 0 radical (unpaired) electrons. The number of unbranched alkanes of at least 4 members (excludes halogenated alkanes) is 1. The van der Waals surface area contributed by atoms with Crippen molar-refractivity contribution in [2.24, 2.45) is 0 Å². The zero-order chi connectivity index (χ0) is 20.9. The Balaban J connectivity index is 1.19. The number of halogens is 3.